The Bertz CT molecular complexity index is 906. The average molecular weight is 370 g/mol. The molecule has 3 aliphatic rings. The van der Waals surface area contributed by atoms with Crippen LogP contribution in [0.5, 0.6) is 0 Å². The molecule has 0 aromatic heterocycles. The maximum absolute atomic E-state index is 12.9. The zero-order valence-corrected chi connectivity index (χ0v) is 15.0. The van der Waals surface area contributed by atoms with Crippen molar-refractivity contribution >= 4 is 35.3 Å². The molecule has 4 atom stereocenters. The van der Waals surface area contributed by atoms with E-state index in [0.29, 0.717) is 5.56 Å². The van der Waals surface area contributed by atoms with Gasteiger partial charge in [-0.25, -0.2) is 9.69 Å². The Kier molecular flexibility index (Phi) is 3.38. The van der Waals surface area contributed by atoms with Gasteiger partial charge in [-0.3, -0.25) is 24.5 Å². The summed E-state index contributed by atoms with van der Waals surface area (Å²) in [6.45, 7) is 5.67. The van der Waals surface area contributed by atoms with Crippen molar-refractivity contribution in [2.24, 2.45) is 23.7 Å². The Morgan fingerprint density at radius 1 is 0.926 bits per heavy atom. The van der Waals surface area contributed by atoms with E-state index in [-0.39, 0.29) is 11.3 Å². The number of fused-ring (bicyclic) bond motifs is 4. The number of carboxylic acids is 1. The normalized spacial score (nSPS) is 29.4. The number of carbonyl (C=O) groups excluding carboxylic acids is 4. The summed E-state index contributed by atoms with van der Waals surface area (Å²) in [5.74, 6) is -6.68. The van der Waals surface area contributed by atoms with Gasteiger partial charge in [0.1, 0.15) is 0 Å². The van der Waals surface area contributed by atoms with Crippen LogP contribution in [-0.2, 0) is 24.6 Å². The van der Waals surface area contributed by atoms with E-state index in [2.05, 4.69) is 5.32 Å². The second-order valence-corrected chi connectivity index (χ2v) is 8.29. The summed E-state index contributed by atoms with van der Waals surface area (Å²) in [6.07, 6.45) is 0. The van der Waals surface area contributed by atoms with Crippen LogP contribution in [0.3, 0.4) is 0 Å². The topological polar surface area (TPSA) is 121 Å². The zero-order valence-electron chi connectivity index (χ0n) is 15.0. The van der Waals surface area contributed by atoms with Gasteiger partial charge in [-0.2, -0.15) is 0 Å². The van der Waals surface area contributed by atoms with Gasteiger partial charge in [-0.05, 0) is 29.2 Å². The second-order valence-electron chi connectivity index (χ2n) is 8.29. The molecule has 0 spiro atoms. The molecule has 1 aromatic rings. The first-order chi connectivity index (χ1) is 12.5. The molecule has 2 N–H and O–H groups in total. The predicted octanol–water partition coefficient (Wildman–Crippen LogP) is 0.690. The molecule has 2 aliphatic heterocycles. The quantitative estimate of drug-likeness (QED) is 0.739. The second kappa shape index (κ2) is 5.25. The van der Waals surface area contributed by atoms with Gasteiger partial charge in [0.05, 0.1) is 34.9 Å². The number of aromatic carboxylic acids is 1. The molecule has 0 bridgehead atoms. The number of carboxylic acid groups (broad SMARTS) is 1. The Hall–Kier alpha value is -3.03. The predicted molar refractivity (Wildman–Crippen MR) is 91.7 cm³/mol. The number of amides is 4. The van der Waals surface area contributed by atoms with Crippen LogP contribution in [0.15, 0.2) is 18.2 Å². The molecule has 1 aromatic carbocycles. The SMILES string of the molecule is CC(C)(C)c1cc(C(=O)O)cc(N2C(=O)C3C4C(=O)NC(=O)[C@@H]4C3C2=O)c1. The van der Waals surface area contributed by atoms with Crippen LogP contribution in [0.4, 0.5) is 5.69 Å². The Morgan fingerprint density at radius 3 is 1.89 bits per heavy atom. The van der Waals surface area contributed by atoms with Crippen LogP contribution >= 0.6 is 0 Å². The van der Waals surface area contributed by atoms with Crippen LogP contribution in [0.1, 0.15) is 36.7 Å². The third kappa shape index (κ3) is 2.25. The van der Waals surface area contributed by atoms with E-state index < -0.39 is 58.7 Å². The number of benzene rings is 1. The van der Waals surface area contributed by atoms with Crippen molar-refractivity contribution in [2.45, 2.75) is 26.2 Å². The summed E-state index contributed by atoms with van der Waals surface area (Å²) in [4.78, 5) is 62.1. The van der Waals surface area contributed by atoms with Gasteiger partial charge in [-0.1, -0.05) is 20.8 Å². The molecule has 140 valence electrons. The first kappa shape index (κ1) is 17.4. The lowest BCUT2D eigenvalue weighted by Crippen LogP contribution is -2.50. The molecular formula is C19H18N2O6. The number of hydrogen-bond acceptors (Lipinski definition) is 5. The zero-order chi connectivity index (χ0) is 19.8. The van der Waals surface area contributed by atoms with Crippen LogP contribution in [0.25, 0.3) is 0 Å². The molecule has 1 saturated carbocycles. The number of anilines is 1. The molecule has 0 radical (unpaired) electrons. The standard InChI is InChI=1S/C19H18N2O6/c1-19(2,3)8-4-7(18(26)27)5-9(6-8)21-16(24)12-10-11(13(12)17(21)25)15(23)20-14(10)22/h4-6,10-13H,1-3H3,(H,26,27)(H,20,22,23)/t10-,11?,12?,13?/m0/s1. The van der Waals surface area contributed by atoms with Crippen LogP contribution in [0, 0.1) is 23.7 Å². The van der Waals surface area contributed by atoms with Crippen LogP contribution < -0.4 is 10.2 Å². The molecule has 4 rings (SSSR count). The van der Waals surface area contributed by atoms with E-state index in [1.54, 1.807) is 6.07 Å². The van der Waals surface area contributed by atoms with Crippen LogP contribution in [0.2, 0.25) is 0 Å². The maximum Gasteiger partial charge on any atom is 0.335 e. The molecular weight excluding hydrogens is 352 g/mol. The van der Waals surface area contributed by atoms with Gasteiger partial charge in [0.15, 0.2) is 0 Å². The molecule has 8 nitrogen and oxygen atoms in total. The van der Waals surface area contributed by atoms with E-state index in [1.807, 2.05) is 20.8 Å². The summed E-state index contributed by atoms with van der Waals surface area (Å²) in [6, 6.07) is 4.40. The Morgan fingerprint density at radius 2 is 1.44 bits per heavy atom. The minimum Gasteiger partial charge on any atom is -0.478 e. The number of nitrogens with zero attached hydrogens (tertiary/aromatic N) is 1. The van der Waals surface area contributed by atoms with E-state index in [1.165, 1.54) is 12.1 Å². The molecule has 8 heteroatoms. The van der Waals surface area contributed by atoms with Crippen molar-refractivity contribution in [1.82, 2.24) is 5.32 Å². The summed E-state index contributed by atoms with van der Waals surface area (Å²) in [5, 5.41) is 11.6. The molecule has 3 fully saturated rings. The summed E-state index contributed by atoms with van der Waals surface area (Å²) in [7, 11) is 0. The van der Waals surface area contributed by atoms with Crippen molar-refractivity contribution in [3.05, 3.63) is 29.3 Å². The third-order valence-electron chi connectivity index (χ3n) is 5.70. The lowest BCUT2D eigenvalue weighted by molar-refractivity contribution is -0.146. The highest BCUT2D eigenvalue weighted by Crippen LogP contribution is 2.55. The highest BCUT2D eigenvalue weighted by Gasteiger charge is 2.71. The fourth-order valence-corrected chi connectivity index (χ4v) is 4.26. The lowest BCUT2D eigenvalue weighted by atomic mass is 9.59. The van der Waals surface area contributed by atoms with Crippen molar-refractivity contribution in [3.63, 3.8) is 0 Å². The summed E-state index contributed by atoms with van der Waals surface area (Å²) >= 11 is 0. The van der Waals surface area contributed by atoms with Crippen LogP contribution in [-0.4, -0.2) is 34.7 Å². The van der Waals surface area contributed by atoms with Gasteiger partial charge < -0.3 is 5.11 Å². The van der Waals surface area contributed by atoms with E-state index in [0.717, 1.165) is 4.90 Å². The minimum absolute atomic E-state index is 0.0358. The van der Waals surface area contributed by atoms with Gasteiger partial charge in [0.25, 0.3) is 0 Å². The summed E-state index contributed by atoms with van der Waals surface area (Å²) < 4.78 is 0. The minimum atomic E-state index is -1.17. The first-order valence-electron chi connectivity index (χ1n) is 8.64. The maximum atomic E-state index is 12.9. The third-order valence-corrected chi connectivity index (χ3v) is 5.70. The number of carbonyl (C=O) groups is 5. The molecule has 3 unspecified atom stereocenters. The van der Waals surface area contributed by atoms with Gasteiger partial charge in [0, 0.05) is 0 Å². The fraction of sp³-hybridized carbons (Fsp3) is 0.421. The largest absolute Gasteiger partial charge is 0.478 e. The van der Waals surface area contributed by atoms with Gasteiger partial charge in [-0.15, -0.1) is 0 Å². The molecule has 1 aliphatic carbocycles. The van der Waals surface area contributed by atoms with Crippen molar-refractivity contribution in [2.75, 3.05) is 4.90 Å². The van der Waals surface area contributed by atoms with Crippen molar-refractivity contribution in [3.8, 4) is 0 Å². The average Bonchev–Trinajstić information content (AvgIpc) is 2.86. The molecule has 2 heterocycles. The van der Waals surface area contributed by atoms with E-state index in [4.69, 9.17) is 0 Å². The molecule has 27 heavy (non-hydrogen) atoms. The van der Waals surface area contributed by atoms with Gasteiger partial charge >= 0.3 is 5.97 Å². The number of rotatable bonds is 2. The summed E-state index contributed by atoms with van der Waals surface area (Å²) in [5.41, 5.74) is 0.380. The van der Waals surface area contributed by atoms with E-state index in [9.17, 15) is 29.1 Å². The molecule has 4 amide bonds. The Balaban J connectivity index is 1.79. The fourth-order valence-electron chi connectivity index (χ4n) is 4.26. The lowest BCUT2D eigenvalue weighted by Gasteiger charge is -2.36. The van der Waals surface area contributed by atoms with Crippen molar-refractivity contribution in [1.29, 1.82) is 0 Å². The smallest absolute Gasteiger partial charge is 0.335 e. The molecule has 2 saturated heterocycles. The van der Waals surface area contributed by atoms with Crippen molar-refractivity contribution < 1.29 is 29.1 Å². The first-order valence-corrected chi connectivity index (χ1v) is 8.64. The monoisotopic (exact) mass is 370 g/mol. The van der Waals surface area contributed by atoms with E-state index >= 15 is 0 Å². The number of nitrogens with one attached hydrogen (secondary N) is 1. The van der Waals surface area contributed by atoms with Gasteiger partial charge in [0.2, 0.25) is 23.6 Å². The number of hydrogen-bond donors (Lipinski definition) is 2. The Labute approximate surface area is 154 Å². The highest BCUT2D eigenvalue weighted by atomic mass is 16.4. The number of imide groups is 2. The highest BCUT2D eigenvalue weighted by molar-refractivity contribution is 6.27.